The lowest BCUT2D eigenvalue weighted by atomic mass is 10.3. The SMILES string of the molecule is C#C/C(C)=C/CO[Si]CCl. The summed E-state index contributed by atoms with van der Waals surface area (Å²) in [4.78, 5) is 0. The summed E-state index contributed by atoms with van der Waals surface area (Å²) in [6.07, 6.45) is 6.95. The average molecular weight is 173 g/mol. The molecule has 0 fully saturated rings. The Labute approximate surface area is 69.4 Å². The first kappa shape index (κ1) is 9.77. The largest absolute Gasteiger partial charge is 0.412 e. The standard InChI is InChI=1S/C7H9ClOSi/c1-3-7(2)4-5-9-10-6-8/h1,4H,5-6H2,2H3/b7-4+. The average Bonchev–Trinajstić information content (AvgIpc) is 1.98. The first-order valence-electron chi connectivity index (χ1n) is 2.85. The Hall–Kier alpha value is -0.233. The molecular formula is C7H9ClOSi. The Morgan fingerprint density at radius 3 is 3.10 bits per heavy atom. The molecule has 0 N–H and O–H groups in total. The molecule has 10 heavy (non-hydrogen) atoms. The minimum atomic E-state index is 0.368. The maximum atomic E-state index is 5.38. The van der Waals surface area contributed by atoms with Crippen molar-refractivity contribution in [2.45, 2.75) is 6.92 Å². The van der Waals surface area contributed by atoms with Crippen LogP contribution in [-0.4, -0.2) is 21.9 Å². The molecule has 0 saturated heterocycles. The number of rotatable bonds is 4. The highest BCUT2D eigenvalue weighted by Gasteiger charge is 1.85. The number of alkyl halides is 1. The Morgan fingerprint density at radius 1 is 1.90 bits per heavy atom. The van der Waals surface area contributed by atoms with Gasteiger partial charge in [-0.25, -0.2) is 0 Å². The first-order chi connectivity index (χ1) is 4.81. The molecule has 0 atom stereocenters. The molecule has 0 rings (SSSR count). The van der Waals surface area contributed by atoms with E-state index < -0.39 is 0 Å². The summed E-state index contributed by atoms with van der Waals surface area (Å²) >= 11 is 5.38. The van der Waals surface area contributed by atoms with E-state index in [1.807, 2.05) is 13.0 Å². The highest BCUT2D eigenvalue weighted by atomic mass is 35.5. The first-order valence-corrected chi connectivity index (χ1v) is 4.50. The zero-order valence-electron chi connectivity index (χ0n) is 5.86. The van der Waals surface area contributed by atoms with Crippen molar-refractivity contribution >= 4 is 21.4 Å². The Balaban J connectivity index is 3.27. The topological polar surface area (TPSA) is 9.23 Å². The lowest BCUT2D eigenvalue weighted by Gasteiger charge is -1.93. The van der Waals surface area contributed by atoms with Gasteiger partial charge in [0.15, 0.2) is 0 Å². The molecule has 0 amide bonds. The molecule has 0 aliphatic rings. The predicted molar refractivity (Wildman–Crippen MR) is 45.0 cm³/mol. The van der Waals surface area contributed by atoms with Gasteiger partial charge in [0.05, 0.1) is 6.61 Å². The van der Waals surface area contributed by atoms with Gasteiger partial charge in [-0.05, 0) is 18.6 Å². The second-order valence-electron chi connectivity index (χ2n) is 1.62. The Kier molecular flexibility index (Phi) is 6.72. The number of hydrogen-bond acceptors (Lipinski definition) is 1. The van der Waals surface area contributed by atoms with Crippen LogP contribution < -0.4 is 0 Å². The van der Waals surface area contributed by atoms with Crippen molar-refractivity contribution < 1.29 is 4.43 Å². The zero-order chi connectivity index (χ0) is 7.82. The molecule has 54 valence electrons. The number of terminal acetylenes is 1. The van der Waals surface area contributed by atoms with Crippen LogP contribution in [0.3, 0.4) is 0 Å². The van der Waals surface area contributed by atoms with Crippen LogP contribution in [0.2, 0.25) is 0 Å². The van der Waals surface area contributed by atoms with Gasteiger partial charge in [0.25, 0.3) is 0 Å². The predicted octanol–water partition coefficient (Wildman–Crippen LogP) is 1.40. The lowest BCUT2D eigenvalue weighted by Crippen LogP contribution is -1.99. The van der Waals surface area contributed by atoms with Gasteiger partial charge in [-0.1, -0.05) is 5.92 Å². The van der Waals surface area contributed by atoms with E-state index in [0.717, 1.165) is 5.57 Å². The van der Waals surface area contributed by atoms with E-state index in [2.05, 4.69) is 5.92 Å². The van der Waals surface area contributed by atoms with E-state index in [1.54, 1.807) is 0 Å². The fourth-order valence-electron chi connectivity index (χ4n) is 0.323. The molecule has 0 aromatic carbocycles. The summed E-state index contributed by atoms with van der Waals surface area (Å²) in [5.74, 6) is 2.49. The van der Waals surface area contributed by atoms with Gasteiger partial charge in [-0.3, -0.25) is 0 Å². The van der Waals surface area contributed by atoms with Crippen molar-refractivity contribution in [3.05, 3.63) is 11.6 Å². The van der Waals surface area contributed by atoms with Gasteiger partial charge in [0.2, 0.25) is 9.76 Å². The van der Waals surface area contributed by atoms with Gasteiger partial charge in [0, 0.05) is 5.50 Å². The molecule has 0 aromatic rings. The van der Waals surface area contributed by atoms with E-state index in [9.17, 15) is 0 Å². The molecule has 0 heterocycles. The molecule has 2 radical (unpaired) electrons. The molecule has 0 aliphatic heterocycles. The highest BCUT2D eigenvalue weighted by Crippen LogP contribution is 1.87. The van der Waals surface area contributed by atoms with Crippen LogP contribution in [0.1, 0.15) is 6.92 Å². The van der Waals surface area contributed by atoms with Gasteiger partial charge < -0.3 is 4.43 Å². The molecule has 0 bridgehead atoms. The van der Waals surface area contributed by atoms with Crippen LogP contribution in [0.5, 0.6) is 0 Å². The van der Waals surface area contributed by atoms with Crippen molar-refractivity contribution in [2.24, 2.45) is 0 Å². The lowest BCUT2D eigenvalue weighted by molar-refractivity contribution is 0.387. The summed E-state index contributed by atoms with van der Waals surface area (Å²) in [6, 6.07) is 0. The molecule has 1 nitrogen and oxygen atoms in total. The van der Waals surface area contributed by atoms with E-state index in [4.69, 9.17) is 22.5 Å². The van der Waals surface area contributed by atoms with Crippen LogP contribution in [0.25, 0.3) is 0 Å². The van der Waals surface area contributed by atoms with E-state index in [-0.39, 0.29) is 0 Å². The summed E-state index contributed by atoms with van der Waals surface area (Å²) in [7, 11) is 0.368. The molecular weight excluding hydrogens is 164 g/mol. The molecule has 0 saturated carbocycles. The van der Waals surface area contributed by atoms with Crippen molar-refractivity contribution in [1.82, 2.24) is 0 Å². The molecule has 0 aliphatic carbocycles. The van der Waals surface area contributed by atoms with Crippen LogP contribution >= 0.6 is 11.6 Å². The minimum absolute atomic E-state index is 0.368. The van der Waals surface area contributed by atoms with Crippen molar-refractivity contribution in [3.8, 4) is 12.3 Å². The third kappa shape index (κ3) is 5.90. The summed E-state index contributed by atoms with van der Waals surface area (Å²) in [5, 5.41) is 0. The van der Waals surface area contributed by atoms with Crippen molar-refractivity contribution in [2.75, 3.05) is 12.1 Å². The second kappa shape index (κ2) is 6.88. The Bertz CT molecular complexity index is 148. The molecule has 0 aromatic heterocycles. The van der Waals surface area contributed by atoms with Crippen molar-refractivity contribution in [1.29, 1.82) is 0 Å². The van der Waals surface area contributed by atoms with Gasteiger partial charge >= 0.3 is 0 Å². The monoisotopic (exact) mass is 172 g/mol. The van der Waals surface area contributed by atoms with Crippen LogP contribution in [0, 0.1) is 12.3 Å². The quantitative estimate of drug-likeness (QED) is 0.270. The second-order valence-corrected chi connectivity index (χ2v) is 3.27. The van der Waals surface area contributed by atoms with E-state index in [1.165, 1.54) is 0 Å². The molecule has 0 spiro atoms. The number of allylic oxidation sites excluding steroid dienone is 1. The number of halogens is 1. The van der Waals surface area contributed by atoms with E-state index >= 15 is 0 Å². The normalized spacial score (nSPS) is 11.1. The fourth-order valence-corrected chi connectivity index (χ4v) is 0.833. The maximum absolute atomic E-state index is 5.38. The smallest absolute Gasteiger partial charge is 0.246 e. The molecule has 0 unspecified atom stereocenters. The van der Waals surface area contributed by atoms with Crippen LogP contribution in [0.15, 0.2) is 11.6 Å². The third-order valence-corrected chi connectivity index (χ3v) is 1.66. The van der Waals surface area contributed by atoms with Gasteiger partial charge in [0.1, 0.15) is 0 Å². The van der Waals surface area contributed by atoms with Crippen molar-refractivity contribution in [3.63, 3.8) is 0 Å². The fraction of sp³-hybridized carbons (Fsp3) is 0.429. The number of hydrogen-bond donors (Lipinski definition) is 0. The summed E-state index contributed by atoms with van der Waals surface area (Å²) in [5.41, 5.74) is 1.46. The highest BCUT2D eigenvalue weighted by molar-refractivity contribution is 6.45. The zero-order valence-corrected chi connectivity index (χ0v) is 7.61. The maximum Gasteiger partial charge on any atom is 0.246 e. The molecule has 3 heteroatoms. The summed E-state index contributed by atoms with van der Waals surface area (Å²) in [6.45, 7) is 2.44. The minimum Gasteiger partial charge on any atom is -0.412 e. The van der Waals surface area contributed by atoms with Crippen LogP contribution in [0.4, 0.5) is 0 Å². The van der Waals surface area contributed by atoms with Gasteiger partial charge in [-0.15, -0.1) is 18.0 Å². The summed E-state index contributed by atoms with van der Waals surface area (Å²) < 4.78 is 5.08. The van der Waals surface area contributed by atoms with E-state index in [0.29, 0.717) is 21.9 Å². The van der Waals surface area contributed by atoms with Gasteiger partial charge in [-0.2, -0.15) is 0 Å². The Morgan fingerprint density at radius 2 is 2.60 bits per heavy atom. The third-order valence-electron chi connectivity index (χ3n) is 0.857. The van der Waals surface area contributed by atoms with Crippen LogP contribution in [-0.2, 0) is 4.43 Å².